The highest BCUT2D eigenvalue weighted by Gasteiger charge is 2.21. The van der Waals surface area contributed by atoms with Gasteiger partial charge in [-0.3, -0.25) is 0 Å². The Bertz CT molecular complexity index is 809. The van der Waals surface area contributed by atoms with Crippen molar-refractivity contribution in [2.75, 3.05) is 0 Å². The highest BCUT2D eigenvalue weighted by molar-refractivity contribution is 14.2. The number of hydrogen-bond acceptors (Lipinski definition) is 3. The van der Waals surface area contributed by atoms with Gasteiger partial charge >= 0.3 is 25.8 Å². The summed E-state index contributed by atoms with van der Waals surface area (Å²) in [7, 11) is 0. The Hall–Kier alpha value is -1.50. The summed E-state index contributed by atoms with van der Waals surface area (Å²) in [6.07, 6.45) is 0. The maximum atomic E-state index is 11.5. The van der Waals surface area contributed by atoms with E-state index in [1.54, 1.807) is 6.92 Å². The molecular formula is C15H15IO4. The molecule has 5 heteroatoms. The monoisotopic (exact) mass is 386 g/mol. The summed E-state index contributed by atoms with van der Waals surface area (Å²) in [4.78, 5) is 11.3. The SMILES string of the molecule is Cc1cc(C)c2cc(C(=O)O)c(I(=O)=O)c(C)c2c1C. The van der Waals surface area contributed by atoms with E-state index in [9.17, 15) is 16.0 Å². The van der Waals surface area contributed by atoms with E-state index in [2.05, 4.69) is 0 Å². The molecule has 0 atom stereocenters. The lowest BCUT2D eigenvalue weighted by Crippen LogP contribution is -2.04. The van der Waals surface area contributed by atoms with Crippen LogP contribution in [0, 0.1) is 31.3 Å². The van der Waals surface area contributed by atoms with Gasteiger partial charge in [0.25, 0.3) is 0 Å². The molecule has 106 valence electrons. The fourth-order valence-electron chi connectivity index (χ4n) is 2.65. The van der Waals surface area contributed by atoms with Crippen LogP contribution < -0.4 is 0 Å². The standard InChI is InChI=1S/C15H15IO4/c1-7-5-8(2)11-6-12(15(17)18)14(16(19)20)10(4)13(11)9(7)3/h5-6H,1-4H3,(H,17,18). The molecule has 0 fully saturated rings. The van der Waals surface area contributed by atoms with Crippen LogP contribution in [0.25, 0.3) is 10.8 Å². The van der Waals surface area contributed by atoms with Crippen LogP contribution in [0.4, 0.5) is 0 Å². The van der Waals surface area contributed by atoms with Gasteiger partial charge in [0.15, 0.2) is 0 Å². The lowest BCUT2D eigenvalue weighted by molar-refractivity contribution is 0.0695. The van der Waals surface area contributed by atoms with E-state index >= 15 is 0 Å². The summed E-state index contributed by atoms with van der Waals surface area (Å²) in [5, 5.41) is 10.9. The third-order valence-electron chi connectivity index (χ3n) is 3.71. The molecule has 20 heavy (non-hydrogen) atoms. The van der Waals surface area contributed by atoms with Gasteiger partial charge in [-0.1, -0.05) is 6.07 Å². The molecule has 0 aliphatic carbocycles. The average molecular weight is 386 g/mol. The van der Waals surface area contributed by atoms with Crippen molar-refractivity contribution in [2.24, 2.45) is 0 Å². The molecule has 4 nitrogen and oxygen atoms in total. The van der Waals surface area contributed by atoms with Gasteiger partial charge in [-0.2, -0.15) is 0 Å². The number of carboxylic acid groups (broad SMARTS) is 1. The maximum absolute atomic E-state index is 11.5. The Morgan fingerprint density at radius 1 is 1.00 bits per heavy atom. The molecule has 0 amide bonds. The Labute approximate surface area is 124 Å². The Morgan fingerprint density at radius 3 is 2.10 bits per heavy atom. The molecule has 0 saturated carbocycles. The molecule has 0 aliphatic heterocycles. The van der Waals surface area contributed by atoms with Crippen LogP contribution in [-0.2, 0) is 6.14 Å². The van der Waals surface area contributed by atoms with Crippen molar-refractivity contribution in [3.8, 4) is 0 Å². The lowest BCUT2D eigenvalue weighted by atomic mass is 9.92. The van der Waals surface area contributed by atoms with Gasteiger partial charge in [-0.15, -0.1) is 0 Å². The normalized spacial score (nSPS) is 11.2. The van der Waals surface area contributed by atoms with E-state index in [-0.39, 0.29) is 9.13 Å². The van der Waals surface area contributed by atoms with Gasteiger partial charge in [-0.05, 0) is 66.8 Å². The van der Waals surface area contributed by atoms with Crippen LogP contribution in [0.5, 0.6) is 0 Å². The first-order valence-electron chi connectivity index (χ1n) is 6.08. The lowest BCUT2D eigenvalue weighted by Gasteiger charge is -2.14. The summed E-state index contributed by atoms with van der Waals surface area (Å²) in [6.45, 7) is 7.50. The van der Waals surface area contributed by atoms with Crippen LogP contribution in [0.1, 0.15) is 32.6 Å². The molecule has 1 N–H and O–H groups in total. The Balaban J connectivity index is 3.14. The zero-order chi connectivity index (χ0) is 15.2. The van der Waals surface area contributed by atoms with Gasteiger partial charge in [0, 0.05) is 0 Å². The van der Waals surface area contributed by atoms with E-state index in [1.165, 1.54) is 6.07 Å². The van der Waals surface area contributed by atoms with Crippen molar-refractivity contribution in [1.29, 1.82) is 0 Å². The molecule has 0 saturated heterocycles. The van der Waals surface area contributed by atoms with Crippen molar-refractivity contribution in [1.82, 2.24) is 0 Å². The van der Waals surface area contributed by atoms with Gasteiger partial charge in [0.05, 0.1) is 9.13 Å². The number of carbonyl (C=O) groups is 1. The summed E-state index contributed by atoms with van der Waals surface area (Å²) in [5.41, 5.74) is 3.47. The summed E-state index contributed by atoms with van der Waals surface area (Å²) in [5.74, 6) is -1.20. The highest BCUT2D eigenvalue weighted by atomic mass is 127. The minimum absolute atomic E-state index is 0.00213. The number of halogens is 1. The Morgan fingerprint density at radius 2 is 1.60 bits per heavy atom. The molecule has 0 bridgehead atoms. The molecular weight excluding hydrogens is 371 g/mol. The molecule has 2 aromatic carbocycles. The van der Waals surface area contributed by atoms with Gasteiger partial charge in [-0.25, -0.2) is 10.9 Å². The molecule has 2 rings (SSSR count). The molecule has 0 radical (unpaired) electrons. The molecule has 0 spiro atoms. The van der Waals surface area contributed by atoms with Crippen molar-refractivity contribution < 1.29 is 16.0 Å². The van der Waals surface area contributed by atoms with Crippen LogP contribution in [0.15, 0.2) is 12.1 Å². The molecule has 2 aromatic rings. The fraction of sp³-hybridized carbons (Fsp3) is 0.267. The summed E-state index contributed by atoms with van der Waals surface area (Å²) >= 11 is -3.88. The average Bonchev–Trinajstić information content (AvgIpc) is 2.34. The summed E-state index contributed by atoms with van der Waals surface area (Å²) < 4.78 is 23.1. The zero-order valence-corrected chi connectivity index (χ0v) is 13.9. The molecule has 0 aromatic heterocycles. The van der Waals surface area contributed by atoms with E-state index in [4.69, 9.17) is 0 Å². The minimum atomic E-state index is -3.88. The van der Waals surface area contributed by atoms with Crippen LogP contribution in [-0.4, -0.2) is 11.1 Å². The number of aromatic carboxylic acids is 1. The van der Waals surface area contributed by atoms with E-state index in [1.807, 2.05) is 26.8 Å². The highest BCUT2D eigenvalue weighted by Crippen LogP contribution is 2.36. The topological polar surface area (TPSA) is 71.4 Å². The summed E-state index contributed by atoms with van der Waals surface area (Å²) in [6, 6.07) is 3.48. The maximum Gasteiger partial charge on any atom is 0.342 e. The predicted octanol–water partition coefficient (Wildman–Crippen LogP) is 4.14. The first-order valence-corrected chi connectivity index (χ1v) is 8.92. The van der Waals surface area contributed by atoms with Gasteiger partial charge < -0.3 is 5.11 Å². The second-order valence-corrected chi connectivity index (χ2v) is 7.26. The van der Waals surface area contributed by atoms with Crippen molar-refractivity contribution in [2.45, 2.75) is 27.7 Å². The number of aryl methyl sites for hydroxylation is 4. The molecule has 0 unspecified atom stereocenters. The van der Waals surface area contributed by atoms with E-state index < -0.39 is 25.8 Å². The second-order valence-electron chi connectivity index (χ2n) is 4.94. The number of hydrogen-bond donors (Lipinski definition) is 1. The van der Waals surface area contributed by atoms with Crippen LogP contribution in [0.2, 0.25) is 0 Å². The largest absolute Gasteiger partial charge is 0.478 e. The van der Waals surface area contributed by atoms with Gasteiger partial charge in [0.2, 0.25) is 0 Å². The molecule has 0 aliphatic rings. The zero-order valence-electron chi connectivity index (χ0n) is 11.7. The van der Waals surface area contributed by atoms with Gasteiger partial charge in [0.1, 0.15) is 0 Å². The minimum Gasteiger partial charge on any atom is -0.478 e. The van der Waals surface area contributed by atoms with Crippen molar-refractivity contribution in [3.63, 3.8) is 0 Å². The quantitative estimate of drug-likeness (QED) is 0.788. The number of benzene rings is 2. The third-order valence-corrected chi connectivity index (χ3v) is 5.98. The van der Waals surface area contributed by atoms with E-state index in [0.717, 1.165) is 27.5 Å². The van der Waals surface area contributed by atoms with Crippen molar-refractivity contribution in [3.05, 3.63) is 43.5 Å². The number of carboxylic acids is 1. The first-order chi connectivity index (χ1) is 9.25. The first kappa shape index (κ1) is 14.9. The predicted molar refractivity (Wildman–Crippen MR) is 83.9 cm³/mol. The Kier molecular flexibility index (Phi) is 3.82. The third kappa shape index (κ3) is 2.19. The smallest absolute Gasteiger partial charge is 0.342 e. The van der Waals surface area contributed by atoms with Crippen LogP contribution >= 0.6 is 19.8 Å². The van der Waals surface area contributed by atoms with Crippen LogP contribution in [0.3, 0.4) is 0 Å². The van der Waals surface area contributed by atoms with Crippen molar-refractivity contribution >= 4 is 36.5 Å². The number of fused-ring (bicyclic) bond motifs is 1. The molecule has 0 heterocycles. The van der Waals surface area contributed by atoms with E-state index in [0.29, 0.717) is 5.56 Å². The number of rotatable bonds is 2. The fourth-order valence-corrected chi connectivity index (χ4v) is 4.44. The second kappa shape index (κ2) is 5.12.